The minimum Gasteiger partial charge on any atom is -0.371 e. The number of benzene rings is 2. The topological polar surface area (TPSA) is 70.2 Å². The highest BCUT2D eigenvalue weighted by Gasteiger charge is 2.42. The van der Waals surface area contributed by atoms with E-state index in [0.29, 0.717) is 33.5 Å². The van der Waals surface area contributed by atoms with Crippen LogP contribution in [0.15, 0.2) is 63.4 Å². The predicted molar refractivity (Wildman–Crippen MR) is 106 cm³/mol. The van der Waals surface area contributed by atoms with E-state index in [1.54, 1.807) is 30.3 Å². The molecule has 0 aromatic heterocycles. The number of alkyl halides is 3. The zero-order valence-electron chi connectivity index (χ0n) is 14.7. The Balaban J connectivity index is 1.44. The minimum atomic E-state index is -4.36. The molecule has 0 saturated heterocycles. The Morgan fingerprint density at radius 3 is 2.69 bits per heavy atom. The van der Waals surface area contributed by atoms with Crippen molar-refractivity contribution in [3.63, 3.8) is 0 Å². The fourth-order valence-corrected chi connectivity index (χ4v) is 4.70. The second kappa shape index (κ2) is 7.68. The first-order valence-electron chi connectivity index (χ1n) is 8.50. The lowest BCUT2D eigenvalue weighted by Gasteiger charge is -2.14. The van der Waals surface area contributed by atoms with Crippen molar-refractivity contribution in [1.29, 1.82) is 0 Å². The Morgan fingerprint density at radius 2 is 1.93 bits per heavy atom. The average Bonchev–Trinajstić information content (AvgIpc) is 3.12. The van der Waals surface area contributed by atoms with Gasteiger partial charge in [-0.15, -0.1) is 0 Å². The molecule has 1 unspecified atom stereocenters. The number of fused-ring (bicyclic) bond motifs is 2. The molecule has 4 rings (SSSR count). The molecule has 150 valence electrons. The highest BCUT2D eigenvalue weighted by atomic mass is 32.2. The van der Waals surface area contributed by atoms with Crippen molar-refractivity contribution in [2.45, 2.75) is 21.3 Å². The Bertz CT molecular complexity index is 1020. The molecule has 2 amide bonds. The molecule has 5 nitrogen and oxygen atoms in total. The van der Waals surface area contributed by atoms with Gasteiger partial charge in [0.25, 0.3) is 11.8 Å². The number of rotatable bonds is 3. The highest BCUT2D eigenvalue weighted by molar-refractivity contribution is 8.04. The third kappa shape index (κ3) is 4.23. The van der Waals surface area contributed by atoms with Crippen LogP contribution in [0.4, 0.5) is 18.9 Å². The van der Waals surface area contributed by atoms with Crippen LogP contribution < -0.4 is 16.0 Å². The summed E-state index contributed by atoms with van der Waals surface area (Å²) in [7, 11) is 0. The van der Waals surface area contributed by atoms with Crippen LogP contribution in [0.5, 0.6) is 0 Å². The van der Waals surface area contributed by atoms with Crippen molar-refractivity contribution in [2.75, 3.05) is 11.9 Å². The van der Waals surface area contributed by atoms with Crippen LogP contribution >= 0.6 is 23.5 Å². The van der Waals surface area contributed by atoms with Crippen LogP contribution in [0, 0.1) is 0 Å². The van der Waals surface area contributed by atoms with Crippen LogP contribution in [-0.2, 0) is 0 Å². The number of amides is 2. The summed E-state index contributed by atoms with van der Waals surface area (Å²) in [4.78, 5) is 26.9. The monoisotopic (exact) mass is 437 g/mol. The maximum atomic E-state index is 12.7. The zero-order valence-corrected chi connectivity index (χ0v) is 16.3. The minimum absolute atomic E-state index is 0.0211. The summed E-state index contributed by atoms with van der Waals surface area (Å²) >= 11 is 2.05. The Kier molecular flexibility index (Phi) is 5.22. The number of carbonyl (C=O) groups is 2. The lowest BCUT2D eigenvalue weighted by Crippen LogP contribution is -2.33. The van der Waals surface area contributed by atoms with E-state index in [2.05, 4.69) is 16.0 Å². The van der Waals surface area contributed by atoms with Crippen LogP contribution in [0.2, 0.25) is 0 Å². The SMILES string of the molecule is O=C(NCC1=CNC(C(F)(F)F)S1)c1ccc2c(c1)NC(=O)c1ccccc1S2. The molecule has 29 heavy (non-hydrogen) atoms. The molecule has 3 N–H and O–H groups in total. The summed E-state index contributed by atoms with van der Waals surface area (Å²) in [5.74, 6) is -0.702. The first-order valence-corrected chi connectivity index (χ1v) is 10.2. The summed E-state index contributed by atoms with van der Waals surface area (Å²) in [6, 6.07) is 12.1. The van der Waals surface area contributed by atoms with Gasteiger partial charge in [-0.25, -0.2) is 0 Å². The molecule has 0 aliphatic carbocycles. The molecule has 2 aliphatic rings. The van der Waals surface area contributed by atoms with E-state index in [4.69, 9.17) is 0 Å². The summed E-state index contributed by atoms with van der Waals surface area (Å²) in [5.41, 5.74) is 1.37. The normalized spacial score (nSPS) is 18.0. The van der Waals surface area contributed by atoms with Gasteiger partial charge in [0, 0.05) is 26.5 Å². The van der Waals surface area contributed by atoms with E-state index >= 15 is 0 Å². The Morgan fingerprint density at radius 1 is 1.14 bits per heavy atom. The number of hydrogen-bond donors (Lipinski definition) is 3. The molecule has 10 heteroatoms. The van der Waals surface area contributed by atoms with E-state index < -0.39 is 17.5 Å². The van der Waals surface area contributed by atoms with Gasteiger partial charge in [-0.3, -0.25) is 9.59 Å². The number of thioether (sulfide) groups is 1. The van der Waals surface area contributed by atoms with Gasteiger partial charge in [0.15, 0.2) is 5.37 Å². The third-order valence-corrected chi connectivity index (χ3v) is 6.58. The Labute approximate surface area is 172 Å². The number of nitrogens with one attached hydrogen (secondary N) is 3. The van der Waals surface area contributed by atoms with Gasteiger partial charge in [0.1, 0.15) is 0 Å². The van der Waals surface area contributed by atoms with Gasteiger partial charge in [0.2, 0.25) is 0 Å². The first kappa shape index (κ1) is 19.7. The highest BCUT2D eigenvalue weighted by Crippen LogP contribution is 2.39. The van der Waals surface area contributed by atoms with Crippen LogP contribution in [0.1, 0.15) is 20.7 Å². The molecule has 1 atom stereocenters. The molecule has 2 aromatic rings. The zero-order chi connectivity index (χ0) is 20.6. The predicted octanol–water partition coefficient (Wildman–Crippen LogP) is 4.20. The van der Waals surface area contributed by atoms with Crippen molar-refractivity contribution in [1.82, 2.24) is 10.6 Å². The molecule has 0 bridgehead atoms. The molecule has 0 radical (unpaired) electrons. The number of anilines is 1. The van der Waals surface area contributed by atoms with Crippen LogP contribution in [0.25, 0.3) is 0 Å². The van der Waals surface area contributed by atoms with Crippen LogP contribution in [0.3, 0.4) is 0 Å². The van der Waals surface area contributed by atoms with Crippen molar-refractivity contribution in [3.8, 4) is 0 Å². The van der Waals surface area contributed by atoms with Crippen molar-refractivity contribution in [3.05, 3.63) is 64.7 Å². The molecule has 2 heterocycles. The summed E-state index contributed by atoms with van der Waals surface area (Å²) in [5, 5.41) is 5.96. The fourth-order valence-electron chi connectivity index (χ4n) is 2.82. The van der Waals surface area contributed by atoms with E-state index in [-0.39, 0.29) is 12.5 Å². The van der Waals surface area contributed by atoms with Gasteiger partial charge in [-0.2, -0.15) is 13.2 Å². The van der Waals surface area contributed by atoms with Gasteiger partial charge in [-0.05, 0) is 30.3 Å². The first-order chi connectivity index (χ1) is 13.8. The average molecular weight is 437 g/mol. The molecular formula is C19H14F3N3O2S2. The van der Waals surface area contributed by atoms with Crippen molar-refractivity contribution >= 4 is 41.0 Å². The third-order valence-electron chi connectivity index (χ3n) is 4.23. The molecule has 2 aliphatic heterocycles. The summed E-state index contributed by atoms with van der Waals surface area (Å²) < 4.78 is 38.0. The fraction of sp³-hybridized carbons (Fsp3) is 0.158. The lowest BCUT2D eigenvalue weighted by molar-refractivity contribution is -0.131. The van der Waals surface area contributed by atoms with Gasteiger partial charge < -0.3 is 16.0 Å². The molecule has 0 saturated carbocycles. The van der Waals surface area contributed by atoms with Crippen molar-refractivity contribution < 1.29 is 22.8 Å². The molecular weight excluding hydrogens is 423 g/mol. The van der Waals surface area contributed by atoms with E-state index in [9.17, 15) is 22.8 Å². The molecule has 0 fully saturated rings. The van der Waals surface area contributed by atoms with E-state index in [0.717, 1.165) is 9.79 Å². The smallest absolute Gasteiger partial charge is 0.371 e. The van der Waals surface area contributed by atoms with E-state index in [1.165, 1.54) is 18.0 Å². The molecule has 0 spiro atoms. The van der Waals surface area contributed by atoms with E-state index in [1.807, 2.05) is 12.1 Å². The van der Waals surface area contributed by atoms with Gasteiger partial charge >= 0.3 is 6.18 Å². The van der Waals surface area contributed by atoms with Crippen molar-refractivity contribution in [2.24, 2.45) is 0 Å². The second-order valence-electron chi connectivity index (χ2n) is 6.26. The standard InChI is InChI=1S/C19H14F3N3O2S2/c20-19(21,22)18-24-9-11(28-18)8-23-16(26)10-5-6-15-13(7-10)25-17(27)12-3-1-2-4-14(12)29-15/h1-7,9,18,24H,8H2,(H,23,26)(H,25,27). The second-order valence-corrected chi connectivity index (χ2v) is 8.58. The maximum Gasteiger partial charge on any atom is 0.418 e. The molecule has 2 aromatic carbocycles. The van der Waals surface area contributed by atoms with Gasteiger partial charge in [0.05, 0.1) is 17.8 Å². The van der Waals surface area contributed by atoms with Crippen LogP contribution in [-0.4, -0.2) is 29.9 Å². The number of carbonyl (C=O) groups excluding carboxylic acids is 2. The summed E-state index contributed by atoms with van der Waals surface area (Å²) in [6.07, 6.45) is -3.11. The largest absolute Gasteiger partial charge is 0.418 e. The van der Waals surface area contributed by atoms with Gasteiger partial charge in [-0.1, -0.05) is 35.7 Å². The number of halogens is 3. The Hall–Kier alpha value is -2.59. The maximum absolute atomic E-state index is 12.7. The number of hydrogen-bond acceptors (Lipinski definition) is 5. The lowest BCUT2D eigenvalue weighted by atomic mass is 10.1. The summed E-state index contributed by atoms with van der Waals surface area (Å²) in [6.45, 7) is -0.0211. The quantitative estimate of drug-likeness (QED) is 0.672.